The highest BCUT2D eigenvalue weighted by Gasteiger charge is 2.35. The number of benzene rings is 1. The van der Waals surface area contributed by atoms with Crippen molar-refractivity contribution >= 4 is 40.1 Å². The average Bonchev–Trinajstić information content (AvgIpc) is 2.67. The van der Waals surface area contributed by atoms with Gasteiger partial charge < -0.3 is 4.18 Å². The van der Waals surface area contributed by atoms with E-state index in [4.69, 9.17) is 4.18 Å². The van der Waals surface area contributed by atoms with Gasteiger partial charge in [-0.05, 0) is 26.0 Å². The zero-order valence-corrected chi connectivity index (χ0v) is 12.6. The lowest BCUT2D eigenvalue weighted by atomic mass is 10.1. The SMILES string of the molecule is CC(C)OSC(=O)SCN1C(=O)c2ccccc2C1=O. The summed E-state index contributed by atoms with van der Waals surface area (Å²) in [6.45, 7) is 3.63. The fourth-order valence-electron chi connectivity index (χ4n) is 1.63. The van der Waals surface area contributed by atoms with Gasteiger partial charge in [-0.3, -0.25) is 19.3 Å². The second kappa shape index (κ2) is 6.43. The molecule has 2 rings (SSSR count). The number of carbonyl (C=O) groups excluding carboxylic acids is 3. The molecular weight excluding hydrogens is 298 g/mol. The van der Waals surface area contributed by atoms with Crippen molar-refractivity contribution in [3.05, 3.63) is 35.4 Å². The number of thioether (sulfide) groups is 1. The Morgan fingerprint density at radius 1 is 1.20 bits per heavy atom. The molecule has 1 aromatic carbocycles. The highest BCUT2D eigenvalue weighted by Crippen LogP contribution is 2.26. The van der Waals surface area contributed by atoms with E-state index in [1.165, 1.54) is 0 Å². The van der Waals surface area contributed by atoms with Crippen molar-refractivity contribution in [2.75, 3.05) is 5.88 Å². The summed E-state index contributed by atoms with van der Waals surface area (Å²) in [6.07, 6.45) is -0.0659. The Morgan fingerprint density at radius 2 is 1.75 bits per heavy atom. The summed E-state index contributed by atoms with van der Waals surface area (Å²) in [5.74, 6) is -0.721. The van der Waals surface area contributed by atoms with E-state index >= 15 is 0 Å². The molecule has 1 aliphatic heterocycles. The first-order valence-electron chi connectivity index (χ1n) is 5.96. The lowest BCUT2D eigenvalue weighted by Crippen LogP contribution is -2.29. The van der Waals surface area contributed by atoms with E-state index in [1.807, 2.05) is 13.8 Å². The Morgan fingerprint density at radius 3 is 2.25 bits per heavy atom. The van der Waals surface area contributed by atoms with Crippen LogP contribution >= 0.6 is 23.8 Å². The Bertz CT molecular complexity index is 524. The van der Waals surface area contributed by atoms with E-state index in [-0.39, 0.29) is 28.2 Å². The molecule has 0 fully saturated rings. The van der Waals surface area contributed by atoms with E-state index in [1.54, 1.807) is 24.3 Å². The van der Waals surface area contributed by atoms with Crippen molar-refractivity contribution in [3.8, 4) is 0 Å². The number of rotatable bonds is 4. The zero-order valence-electron chi connectivity index (χ0n) is 11.0. The summed E-state index contributed by atoms with van der Waals surface area (Å²) in [5.41, 5.74) is 0.772. The summed E-state index contributed by atoms with van der Waals surface area (Å²) in [4.78, 5) is 36.7. The van der Waals surface area contributed by atoms with Crippen LogP contribution in [-0.2, 0) is 4.18 Å². The van der Waals surface area contributed by atoms with E-state index in [2.05, 4.69) is 0 Å². The van der Waals surface area contributed by atoms with Crippen molar-refractivity contribution in [2.24, 2.45) is 0 Å². The number of amides is 2. The van der Waals surface area contributed by atoms with Crippen molar-refractivity contribution in [1.29, 1.82) is 0 Å². The molecule has 0 aromatic heterocycles. The molecule has 0 atom stereocenters. The summed E-state index contributed by atoms with van der Waals surface area (Å²) in [5, 5.41) is 0. The topological polar surface area (TPSA) is 63.7 Å². The van der Waals surface area contributed by atoms with Gasteiger partial charge in [-0.25, -0.2) is 0 Å². The van der Waals surface area contributed by atoms with Gasteiger partial charge in [-0.1, -0.05) is 23.9 Å². The van der Waals surface area contributed by atoms with Crippen molar-refractivity contribution < 1.29 is 18.6 Å². The monoisotopic (exact) mass is 311 g/mol. The molecule has 1 aliphatic rings. The van der Waals surface area contributed by atoms with Gasteiger partial charge in [0.2, 0.25) is 0 Å². The maximum absolute atomic E-state index is 12.0. The minimum Gasteiger partial charge on any atom is -0.305 e. The number of fused-ring (bicyclic) bond motifs is 1. The van der Waals surface area contributed by atoms with Crippen LogP contribution in [0.5, 0.6) is 0 Å². The molecule has 20 heavy (non-hydrogen) atoms. The fourth-order valence-corrected chi connectivity index (χ4v) is 2.84. The predicted molar refractivity (Wildman–Crippen MR) is 78.6 cm³/mol. The van der Waals surface area contributed by atoms with Crippen LogP contribution in [0, 0.1) is 0 Å². The minimum absolute atomic E-state index is 0.000362. The third kappa shape index (κ3) is 3.23. The van der Waals surface area contributed by atoms with Gasteiger partial charge in [-0.2, -0.15) is 0 Å². The van der Waals surface area contributed by atoms with Gasteiger partial charge in [0, 0.05) is 0 Å². The number of hydrogen-bond acceptors (Lipinski definition) is 6. The number of imide groups is 1. The molecule has 0 unspecified atom stereocenters. The van der Waals surface area contributed by atoms with Gasteiger partial charge in [0.15, 0.2) is 0 Å². The van der Waals surface area contributed by atoms with Gasteiger partial charge in [0.1, 0.15) is 0 Å². The second-order valence-corrected chi connectivity index (χ2v) is 6.24. The molecule has 2 amide bonds. The van der Waals surface area contributed by atoms with Crippen LogP contribution < -0.4 is 0 Å². The Kier molecular flexibility index (Phi) is 4.85. The van der Waals surface area contributed by atoms with E-state index in [0.717, 1.165) is 28.7 Å². The van der Waals surface area contributed by atoms with Crippen LogP contribution in [0.2, 0.25) is 0 Å². The van der Waals surface area contributed by atoms with Gasteiger partial charge in [0.25, 0.3) is 16.3 Å². The second-order valence-electron chi connectivity index (χ2n) is 4.34. The van der Waals surface area contributed by atoms with Crippen LogP contribution in [0.4, 0.5) is 4.79 Å². The lowest BCUT2D eigenvalue weighted by molar-refractivity contribution is 0.0684. The highest BCUT2D eigenvalue weighted by atomic mass is 32.2. The third-order valence-electron chi connectivity index (χ3n) is 2.50. The van der Waals surface area contributed by atoms with Crippen molar-refractivity contribution in [3.63, 3.8) is 0 Å². The Labute approximate surface area is 125 Å². The first kappa shape index (κ1) is 15.1. The van der Waals surface area contributed by atoms with Crippen LogP contribution in [0.1, 0.15) is 34.6 Å². The molecule has 1 aromatic rings. The predicted octanol–water partition coefficient (Wildman–Crippen LogP) is 3.17. The number of carbonyl (C=O) groups is 3. The molecular formula is C13H13NO4S2. The van der Waals surface area contributed by atoms with Crippen LogP contribution in [0.15, 0.2) is 24.3 Å². The highest BCUT2D eigenvalue weighted by molar-refractivity contribution is 8.36. The average molecular weight is 311 g/mol. The Hall–Kier alpha value is -1.31. The summed E-state index contributed by atoms with van der Waals surface area (Å²) in [7, 11) is 0. The summed E-state index contributed by atoms with van der Waals surface area (Å²) in [6, 6.07) is 6.63. The molecule has 0 aliphatic carbocycles. The van der Waals surface area contributed by atoms with Gasteiger partial charge in [0.05, 0.1) is 35.2 Å². The van der Waals surface area contributed by atoms with E-state index < -0.39 is 0 Å². The molecule has 0 saturated carbocycles. The fraction of sp³-hybridized carbons (Fsp3) is 0.308. The molecule has 7 heteroatoms. The van der Waals surface area contributed by atoms with Gasteiger partial charge >= 0.3 is 0 Å². The number of hydrogen-bond donors (Lipinski definition) is 0. The minimum atomic E-state index is -0.360. The first-order chi connectivity index (χ1) is 9.50. The smallest absolute Gasteiger partial charge is 0.274 e. The molecule has 5 nitrogen and oxygen atoms in total. The molecule has 0 radical (unpaired) electrons. The first-order valence-corrected chi connectivity index (χ1v) is 7.68. The molecule has 106 valence electrons. The van der Waals surface area contributed by atoms with Crippen LogP contribution in [0.3, 0.4) is 0 Å². The molecule has 1 heterocycles. The standard InChI is InChI=1S/C13H13NO4S2/c1-8(2)18-20-13(17)19-7-14-11(15)9-5-3-4-6-10(9)12(14)16/h3-6,8H,7H2,1-2H3. The van der Waals surface area contributed by atoms with Crippen molar-refractivity contribution in [1.82, 2.24) is 4.90 Å². The van der Waals surface area contributed by atoms with E-state index in [9.17, 15) is 14.4 Å². The normalized spacial score (nSPS) is 14.1. The maximum atomic E-state index is 12.0. The zero-order chi connectivity index (χ0) is 14.7. The largest absolute Gasteiger partial charge is 0.305 e. The third-order valence-corrected chi connectivity index (χ3v) is 4.30. The molecule has 0 spiro atoms. The maximum Gasteiger partial charge on any atom is 0.274 e. The summed E-state index contributed by atoms with van der Waals surface area (Å²) >= 11 is 1.61. The number of nitrogens with zero attached hydrogens (tertiary/aromatic N) is 1. The van der Waals surface area contributed by atoms with Crippen LogP contribution in [0.25, 0.3) is 0 Å². The van der Waals surface area contributed by atoms with E-state index in [0.29, 0.717) is 11.1 Å². The molecule has 0 saturated heterocycles. The quantitative estimate of drug-likeness (QED) is 0.628. The van der Waals surface area contributed by atoms with Crippen molar-refractivity contribution in [2.45, 2.75) is 20.0 Å². The van der Waals surface area contributed by atoms with Gasteiger partial charge in [-0.15, -0.1) is 0 Å². The molecule has 0 bridgehead atoms. The van der Waals surface area contributed by atoms with Crippen LogP contribution in [-0.4, -0.2) is 33.1 Å². The lowest BCUT2D eigenvalue weighted by Gasteiger charge is -2.12. The Balaban J connectivity index is 1.94. The molecule has 0 N–H and O–H groups in total. The summed E-state index contributed by atoms with van der Waals surface area (Å²) < 4.78 is 4.81.